The highest BCUT2D eigenvalue weighted by molar-refractivity contribution is 5.40. The first-order valence-corrected chi connectivity index (χ1v) is 6.14. The quantitative estimate of drug-likeness (QED) is 0.818. The van der Waals surface area contributed by atoms with Gasteiger partial charge in [-0.2, -0.15) is 0 Å². The fourth-order valence-corrected chi connectivity index (χ4v) is 2.05. The SMILES string of the molecule is CC1(Nc2ccc(C(C)(C)C)cn2)CCC1. The van der Waals surface area contributed by atoms with Gasteiger partial charge in [0, 0.05) is 11.7 Å². The van der Waals surface area contributed by atoms with Crippen LogP contribution < -0.4 is 5.32 Å². The average molecular weight is 218 g/mol. The van der Waals surface area contributed by atoms with Crippen molar-refractivity contribution in [1.29, 1.82) is 0 Å². The number of nitrogens with one attached hydrogen (secondary N) is 1. The molecule has 0 aliphatic heterocycles. The Morgan fingerprint density at radius 2 is 1.94 bits per heavy atom. The van der Waals surface area contributed by atoms with Crippen molar-refractivity contribution < 1.29 is 0 Å². The molecule has 0 atom stereocenters. The Labute approximate surface area is 98.5 Å². The highest BCUT2D eigenvalue weighted by Gasteiger charge is 2.31. The minimum absolute atomic E-state index is 0.186. The molecule has 1 fully saturated rings. The molecule has 1 aliphatic carbocycles. The van der Waals surface area contributed by atoms with Crippen LogP contribution in [0.15, 0.2) is 18.3 Å². The first-order chi connectivity index (χ1) is 7.39. The highest BCUT2D eigenvalue weighted by Crippen LogP contribution is 2.34. The van der Waals surface area contributed by atoms with E-state index >= 15 is 0 Å². The lowest BCUT2D eigenvalue weighted by atomic mass is 9.78. The molecule has 0 saturated heterocycles. The van der Waals surface area contributed by atoms with Crippen molar-refractivity contribution in [3.63, 3.8) is 0 Å². The molecule has 0 aromatic carbocycles. The van der Waals surface area contributed by atoms with Gasteiger partial charge < -0.3 is 5.32 Å². The summed E-state index contributed by atoms with van der Waals surface area (Å²) in [5.74, 6) is 1.01. The lowest BCUT2D eigenvalue weighted by Crippen LogP contribution is -2.41. The third kappa shape index (κ3) is 2.37. The monoisotopic (exact) mass is 218 g/mol. The van der Waals surface area contributed by atoms with Crippen LogP contribution in [0.25, 0.3) is 0 Å². The minimum Gasteiger partial charge on any atom is -0.365 e. The van der Waals surface area contributed by atoms with Gasteiger partial charge in [0.15, 0.2) is 0 Å². The molecule has 1 saturated carbocycles. The van der Waals surface area contributed by atoms with Gasteiger partial charge >= 0.3 is 0 Å². The van der Waals surface area contributed by atoms with Crippen LogP contribution in [0, 0.1) is 0 Å². The molecule has 0 amide bonds. The Kier molecular flexibility index (Phi) is 2.69. The Balaban J connectivity index is 2.08. The molecule has 0 radical (unpaired) electrons. The number of hydrogen-bond donors (Lipinski definition) is 1. The van der Waals surface area contributed by atoms with Gasteiger partial charge in [0.05, 0.1) is 0 Å². The topological polar surface area (TPSA) is 24.9 Å². The van der Waals surface area contributed by atoms with Crippen molar-refractivity contribution in [3.8, 4) is 0 Å². The number of anilines is 1. The van der Waals surface area contributed by atoms with Crippen molar-refractivity contribution >= 4 is 5.82 Å². The van der Waals surface area contributed by atoms with Crippen molar-refractivity contribution in [1.82, 2.24) is 4.98 Å². The minimum atomic E-state index is 0.186. The Hall–Kier alpha value is -1.05. The maximum absolute atomic E-state index is 4.50. The van der Waals surface area contributed by atoms with Gasteiger partial charge in [0.1, 0.15) is 5.82 Å². The van der Waals surface area contributed by atoms with E-state index in [1.807, 2.05) is 6.20 Å². The summed E-state index contributed by atoms with van der Waals surface area (Å²) in [4.78, 5) is 4.50. The van der Waals surface area contributed by atoms with Crippen LogP contribution in [0.4, 0.5) is 5.82 Å². The van der Waals surface area contributed by atoms with Crippen LogP contribution in [-0.4, -0.2) is 10.5 Å². The lowest BCUT2D eigenvalue weighted by Gasteiger charge is -2.39. The average Bonchev–Trinajstić information content (AvgIpc) is 2.15. The van der Waals surface area contributed by atoms with Gasteiger partial charge in [-0.15, -0.1) is 0 Å². The van der Waals surface area contributed by atoms with Crippen molar-refractivity contribution in [2.24, 2.45) is 0 Å². The second-order valence-corrected chi connectivity index (χ2v) is 6.22. The summed E-state index contributed by atoms with van der Waals surface area (Å²) in [6, 6.07) is 4.28. The molecular formula is C14H22N2. The number of aromatic nitrogens is 1. The molecule has 1 N–H and O–H groups in total. The molecule has 1 aliphatic rings. The fraction of sp³-hybridized carbons (Fsp3) is 0.643. The Bertz CT molecular complexity index is 355. The van der Waals surface area contributed by atoms with E-state index in [4.69, 9.17) is 0 Å². The van der Waals surface area contributed by atoms with Gasteiger partial charge in [0.2, 0.25) is 0 Å². The van der Waals surface area contributed by atoms with E-state index in [2.05, 4.69) is 50.1 Å². The molecule has 16 heavy (non-hydrogen) atoms. The van der Waals surface area contributed by atoms with Gasteiger partial charge in [-0.05, 0) is 43.2 Å². The molecule has 2 nitrogen and oxygen atoms in total. The summed E-state index contributed by atoms with van der Waals surface area (Å²) >= 11 is 0. The number of hydrogen-bond acceptors (Lipinski definition) is 2. The van der Waals surface area contributed by atoms with E-state index < -0.39 is 0 Å². The molecule has 1 heterocycles. The summed E-state index contributed by atoms with van der Waals surface area (Å²) < 4.78 is 0. The molecule has 1 aromatic heterocycles. The molecule has 0 bridgehead atoms. The molecule has 1 aromatic rings. The fourth-order valence-electron chi connectivity index (χ4n) is 2.05. The van der Waals surface area contributed by atoms with Gasteiger partial charge in [-0.25, -0.2) is 4.98 Å². The molecule has 0 unspecified atom stereocenters. The van der Waals surface area contributed by atoms with Crippen LogP contribution in [-0.2, 0) is 5.41 Å². The predicted octanol–water partition coefficient (Wildman–Crippen LogP) is 3.73. The third-order valence-corrected chi connectivity index (χ3v) is 3.52. The number of rotatable bonds is 2. The lowest BCUT2D eigenvalue weighted by molar-refractivity contribution is 0.306. The summed E-state index contributed by atoms with van der Waals surface area (Å²) in [7, 11) is 0. The zero-order chi connectivity index (χ0) is 11.8. The molecule has 2 rings (SSSR count). The van der Waals surface area contributed by atoms with Gasteiger partial charge in [-0.3, -0.25) is 0 Å². The van der Waals surface area contributed by atoms with Crippen LogP contribution in [0.3, 0.4) is 0 Å². The zero-order valence-electron chi connectivity index (χ0n) is 10.8. The standard InChI is InChI=1S/C14H22N2/c1-13(2,3)11-6-7-12(15-10-11)16-14(4)8-5-9-14/h6-7,10H,5,8-9H2,1-4H3,(H,15,16). The number of pyridine rings is 1. The predicted molar refractivity (Wildman–Crippen MR) is 68.8 cm³/mol. The van der Waals surface area contributed by atoms with E-state index in [1.165, 1.54) is 24.8 Å². The smallest absolute Gasteiger partial charge is 0.126 e. The molecule has 88 valence electrons. The number of nitrogens with zero attached hydrogens (tertiary/aromatic N) is 1. The van der Waals surface area contributed by atoms with E-state index in [-0.39, 0.29) is 11.0 Å². The van der Waals surface area contributed by atoms with Gasteiger partial charge in [-0.1, -0.05) is 26.8 Å². The summed E-state index contributed by atoms with van der Waals surface area (Å²) in [5, 5.41) is 3.52. The second kappa shape index (κ2) is 3.76. The molecular weight excluding hydrogens is 196 g/mol. The third-order valence-electron chi connectivity index (χ3n) is 3.52. The van der Waals surface area contributed by atoms with E-state index in [9.17, 15) is 0 Å². The molecule has 0 spiro atoms. The maximum atomic E-state index is 4.50. The zero-order valence-corrected chi connectivity index (χ0v) is 10.8. The largest absolute Gasteiger partial charge is 0.365 e. The van der Waals surface area contributed by atoms with Crippen LogP contribution in [0.1, 0.15) is 52.5 Å². The summed E-state index contributed by atoms with van der Waals surface area (Å²) in [5.41, 5.74) is 1.76. The normalized spacial score (nSPS) is 19.0. The Morgan fingerprint density at radius 1 is 1.25 bits per heavy atom. The van der Waals surface area contributed by atoms with Crippen molar-refractivity contribution in [2.45, 2.75) is 57.9 Å². The first kappa shape index (κ1) is 11.4. The summed E-state index contributed by atoms with van der Waals surface area (Å²) in [6.07, 6.45) is 5.85. The van der Waals surface area contributed by atoms with Crippen LogP contribution in [0.2, 0.25) is 0 Å². The summed E-state index contributed by atoms with van der Waals surface area (Å²) in [6.45, 7) is 8.91. The highest BCUT2D eigenvalue weighted by atomic mass is 15.1. The van der Waals surface area contributed by atoms with Crippen molar-refractivity contribution in [3.05, 3.63) is 23.9 Å². The Morgan fingerprint density at radius 3 is 2.31 bits per heavy atom. The van der Waals surface area contributed by atoms with Gasteiger partial charge in [0.25, 0.3) is 0 Å². The van der Waals surface area contributed by atoms with E-state index in [0.29, 0.717) is 0 Å². The van der Waals surface area contributed by atoms with E-state index in [1.54, 1.807) is 0 Å². The molecule has 2 heteroatoms. The van der Waals surface area contributed by atoms with Crippen LogP contribution >= 0.6 is 0 Å². The van der Waals surface area contributed by atoms with Crippen LogP contribution in [0.5, 0.6) is 0 Å². The van der Waals surface area contributed by atoms with Crippen molar-refractivity contribution in [2.75, 3.05) is 5.32 Å². The maximum Gasteiger partial charge on any atom is 0.126 e. The van der Waals surface area contributed by atoms with E-state index in [0.717, 1.165) is 5.82 Å². The second-order valence-electron chi connectivity index (χ2n) is 6.22. The first-order valence-electron chi connectivity index (χ1n) is 6.14.